The Morgan fingerprint density at radius 1 is 1.00 bits per heavy atom. The van der Waals surface area contributed by atoms with Gasteiger partial charge in [0.25, 0.3) is 0 Å². The van der Waals surface area contributed by atoms with Gasteiger partial charge in [-0.15, -0.1) is 0 Å². The summed E-state index contributed by atoms with van der Waals surface area (Å²) in [5.41, 5.74) is 2.78. The molecule has 132 valence electrons. The molecule has 26 heavy (non-hydrogen) atoms. The third-order valence-corrected chi connectivity index (χ3v) is 3.52. The van der Waals surface area contributed by atoms with Crippen molar-refractivity contribution in [3.8, 4) is 17.2 Å². The van der Waals surface area contributed by atoms with E-state index in [1.54, 1.807) is 38.1 Å². The Hall–Kier alpha value is -3.39. The average molecular weight is 349 g/mol. The molecule has 0 aliphatic rings. The van der Waals surface area contributed by atoms with Gasteiger partial charge in [0, 0.05) is 0 Å². The maximum Gasteiger partial charge on any atom is 0.348 e. The summed E-state index contributed by atoms with van der Waals surface area (Å²) in [6, 6.07) is 16.3. The molecule has 0 fully saturated rings. The minimum atomic E-state index is -0.648. The molecule has 0 aromatic heterocycles. The fourth-order valence-electron chi connectivity index (χ4n) is 2.36. The number of rotatable bonds is 6. The van der Waals surface area contributed by atoms with Crippen LogP contribution in [0.25, 0.3) is 17.2 Å². The average Bonchev–Trinajstić information content (AvgIpc) is 2.67. The highest BCUT2D eigenvalue weighted by Gasteiger charge is 2.11. The summed E-state index contributed by atoms with van der Waals surface area (Å²) >= 11 is 0. The summed E-state index contributed by atoms with van der Waals surface area (Å²) < 4.78 is 9.89. The molecule has 2 aromatic carbocycles. The van der Waals surface area contributed by atoms with Gasteiger partial charge in [0.15, 0.2) is 0 Å². The quantitative estimate of drug-likeness (QED) is 0.447. The molecule has 2 rings (SSSR count). The monoisotopic (exact) mass is 349 g/mol. The van der Waals surface area contributed by atoms with Crippen LogP contribution in [0.4, 0.5) is 0 Å². The minimum Gasteiger partial charge on any atom is -0.462 e. The molecule has 0 saturated heterocycles. The van der Waals surface area contributed by atoms with Crippen LogP contribution in [0, 0.1) is 11.3 Å². The van der Waals surface area contributed by atoms with Crippen LogP contribution in [0.3, 0.4) is 0 Å². The number of hydrogen-bond donors (Lipinski definition) is 0. The topological polar surface area (TPSA) is 76.4 Å². The van der Waals surface area contributed by atoms with E-state index in [-0.39, 0.29) is 18.1 Å². The Morgan fingerprint density at radius 3 is 2.31 bits per heavy atom. The third kappa shape index (κ3) is 4.81. The summed E-state index contributed by atoms with van der Waals surface area (Å²) in [5, 5.41) is 9.15. The van der Waals surface area contributed by atoms with Gasteiger partial charge in [0.05, 0.1) is 18.8 Å². The van der Waals surface area contributed by atoms with Crippen molar-refractivity contribution in [2.75, 3.05) is 13.2 Å². The maximum atomic E-state index is 11.9. The maximum absolute atomic E-state index is 11.9. The Bertz CT molecular complexity index is 878. The van der Waals surface area contributed by atoms with Crippen molar-refractivity contribution in [3.05, 3.63) is 65.2 Å². The van der Waals surface area contributed by atoms with E-state index < -0.39 is 5.97 Å². The molecule has 0 N–H and O–H groups in total. The molecule has 0 radical (unpaired) electrons. The van der Waals surface area contributed by atoms with Crippen molar-refractivity contribution in [2.45, 2.75) is 13.8 Å². The number of nitriles is 1. The zero-order valence-electron chi connectivity index (χ0n) is 14.7. The minimum absolute atomic E-state index is 0.0655. The Morgan fingerprint density at radius 2 is 1.65 bits per heavy atom. The van der Waals surface area contributed by atoms with Gasteiger partial charge in [-0.1, -0.05) is 30.3 Å². The van der Waals surface area contributed by atoms with Crippen LogP contribution in [0.15, 0.2) is 54.1 Å². The largest absolute Gasteiger partial charge is 0.462 e. The second-order valence-corrected chi connectivity index (χ2v) is 5.32. The number of carbonyl (C=O) groups excluding carboxylic acids is 2. The first-order valence-electron chi connectivity index (χ1n) is 8.25. The van der Waals surface area contributed by atoms with Crippen LogP contribution < -0.4 is 0 Å². The van der Waals surface area contributed by atoms with Crippen LogP contribution in [0.2, 0.25) is 0 Å². The van der Waals surface area contributed by atoms with Crippen molar-refractivity contribution < 1.29 is 19.1 Å². The summed E-state index contributed by atoms with van der Waals surface area (Å²) in [4.78, 5) is 23.6. The smallest absolute Gasteiger partial charge is 0.348 e. The number of carbonyl (C=O) groups is 2. The van der Waals surface area contributed by atoms with Gasteiger partial charge >= 0.3 is 11.9 Å². The van der Waals surface area contributed by atoms with E-state index in [9.17, 15) is 9.59 Å². The first-order chi connectivity index (χ1) is 12.6. The van der Waals surface area contributed by atoms with Gasteiger partial charge < -0.3 is 9.47 Å². The molecule has 0 saturated carbocycles. The summed E-state index contributed by atoms with van der Waals surface area (Å²) in [7, 11) is 0. The molecule has 0 aliphatic carbocycles. The lowest BCUT2D eigenvalue weighted by Gasteiger charge is -2.07. The summed E-state index contributed by atoms with van der Waals surface area (Å²) in [5.74, 6) is -1.02. The molecule has 5 nitrogen and oxygen atoms in total. The third-order valence-electron chi connectivity index (χ3n) is 3.52. The summed E-state index contributed by atoms with van der Waals surface area (Å²) in [6.07, 6.45) is 1.48. The molecule has 2 aromatic rings. The van der Waals surface area contributed by atoms with Crippen molar-refractivity contribution in [3.63, 3.8) is 0 Å². The van der Waals surface area contributed by atoms with E-state index in [4.69, 9.17) is 14.7 Å². The van der Waals surface area contributed by atoms with E-state index in [0.29, 0.717) is 17.7 Å². The number of ether oxygens (including phenoxy) is 2. The molecule has 0 amide bonds. The van der Waals surface area contributed by atoms with E-state index >= 15 is 0 Å². The predicted octanol–water partition coefficient (Wildman–Crippen LogP) is 4.00. The molecule has 0 aliphatic heterocycles. The fourth-order valence-corrected chi connectivity index (χ4v) is 2.36. The van der Waals surface area contributed by atoms with E-state index in [0.717, 1.165) is 11.1 Å². The van der Waals surface area contributed by atoms with Crippen molar-refractivity contribution in [1.29, 1.82) is 5.26 Å². The molecule has 0 atom stereocenters. The van der Waals surface area contributed by atoms with Crippen LogP contribution >= 0.6 is 0 Å². The highest BCUT2D eigenvalue weighted by Crippen LogP contribution is 2.23. The molecule has 0 heterocycles. The van der Waals surface area contributed by atoms with Gasteiger partial charge in [0.1, 0.15) is 11.6 Å². The molecular weight excluding hydrogens is 330 g/mol. The SMILES string of the molecule is CCOC(=O)/C(C#N)=C/c1cccc(-c2cccc(C(=O)OCC)c2)c1. The second kappa shape index (κ2) is 9.19. The zero-order valence-corrected chi connectivity index (χ0v) is 14.7. The molecule has 5 heteroatoms. The fraction of sp³-hybridized carbons (Fsp3) is 0.190. The summed E-state index contributed by atoms with van der Waals surface area (Å²) in [6.45, 7) is 3.96. The Labute approximate surface area is 152 Å². The van der Waals surface area contributed by atoms with Gasteiger partial charge in [-0.3, -0.25) is 0 Å². The van der Waals surface area contributed by atoms with Gasteiger partial charge in [-0.2, -0.15) is 5.26 Å². The van der Waals surface area contributed by atoms with Gasteiger partial charge in [-0.25, -0.2) is 9.59 Å². The number of esters is 2. The number of nitrogens with zero attached hydrogens (tertiary/aromatic N) is 1. The van der Waals surface area contributed by atoms with Crippen LogP contribution in [0.1, 0.15) is 29.8 Å². The second-order valence-electron chi connectivity index (χ2n) is 5.32. The van der Waals surface area contributed by atoms with Crippen molar-refractivity contribution in [1.82, 2.24) is 0 Å². The number of hydrogen-bond acceptors (Lipinski definition) is 5. The predicted molar refractivity (Wildman–Crippen MR) is 98.1 cm³/mol. The van der Waals surface area contributed by atoms with Crippen LogP contribution in [-0.2, 0) is 14.3 Å². The molecule has 0 unspecified atom stereocenters. The zero-order chi connectivity index (χ0) is 18.9. The highest BCUT2D eigenvalue weighted by molar-refractivity contribution is 5.98. The van der Waals surface area contributed by atoms with Crippen LogP contribution in [-0.4, -0.2) is 25.2 Å². The van der Waals surface area contributed by atoms with Crippen LogP contribution in [0.5, 0.6) is 0 Å². The first kappa shape index (κ1) is 18.9. The first-order valence-corrected chi connectivity index (χ1v) is 8.25. The standard InChI is InChI=1S/C21H19NO4/c1-3-25-20(23)18-10-6-9-17(13-18)16-8-5-7-15(11-16)12-19(14-22)21(24)26-4-2/h5-13H,3-4H2,1-2H3/b19-12+. The van der Waals surface area contributed by atoms with E-state index in [1.165, 1.54) is 6.08 Å². The highest BCUT2D eigenvalue weighted by atomic mass is 16.5. The lowest BCUT2D eigenvalue weighted by Crippen LogP contribution is -2.06. The molecule has 0 bridgehead atoms. The lowest BCUT2D eigenvalue weighted by atomic mass is 10.0. The van der Waals surface area contributed by atoms with E-state index in [1.807, 2.05) is 30.3 Å². The van der Waals surface area contributed by atoms with E-state index in [2.05, 4.69) is 0 Å². The van der Waals surface area contributed by atoms with Gasteiger partial charge in [-0.05, 0) is 54.8 Å². The molecule has 0 spiro atoms. The van der Waals surface area contributed by atoms with Crippen molar-refractivity contribution in [2.24, 2.45) is 0 Å². The van der Waals surface area contributed by atoms with Gasteiger partial charge in [0.2, 0.25) is 0 Å². The molecular formula is C21H19NO4. The lowest BCUT2D eigenvalue weighted by molar-refractivity contribution is -0.137. The Kier molecular flexibility index (Phi) is 6.69. The van der Waals surface area contributed by atoms with Crippen molar-refractivity contribution >= 4 is 18.0 Å². The number of benzene rings is 2. The Balaban J connectivity index is 2.35. The normalized spacial score (nSPS) is 10.7.